The fourth-order valence-corrected chi connectivity index (χ4v) is 4.63. The number of aromatic nitrogens is 3. The van der Waals surface area contributed by atoms with E-state index in [0.717, 1.165) is 36.1 Å². The molecule has 0 fully saturated rings. The van der Waals surface area contributed by atoms with Crippen molar-refractivity contribution in [1.29, 1.82) is 0 Å². The molecule has 0 aliphatic heterocycles. The molecule has 0 radical (unpaired) electrons. The third kappa shape index (κ3) is 4.76. The molecule has 5 rings (SSSR count). The van der Waals surface area contributed by atoms with Gasteiger partial charge in [-0.05, 0) is 55.0 Å². The van der Waals surface area contributed by atoms with Gasteiger partial charge in [0.05, 0.1) is 6.61 Å². The Morgan fingerprint density at radius 1 is 1.09 bits per heavy atom. The van der Waals surface area contributed by atoms with Crippen LogP contribution in [0.25, 0.3) is 33.7 Å². The lowest BCUT2D eigenvalue weighted by atomic mass is 10.2. The van der Waals surface area contributed by atoms with E-state index in [9.17, 15) is 4.79 Å². The molecule has 8 heteroatoms. The Morgan fingerprint density at radius 3 is 2.71 bits per heavy atom. The van der Waals surface area contributed by atoms with Gasteiger partial charge >= 0.3 is 0 Å². The molecular weight excluding hydrogens is 470 g/mol. The van der Waals surface area contributed by atoms with Crippen LogP contribution in [0.5, 0.6) is 5.75 Å². The van der Waals surface area contributed by atoms with E-state index in [1.165, 1.54) is 15.9 Å². The minimum absolute atomic E-state index is 0.227. The van der Waals surface area contributed by atoms with Gasteiger partial charge in [-0.3, -0.25) is 4.79 Å². The summed E-state index contributed by atoms with van der Waals surface area (Å²) < 4.78 is 13.5. The Balaban J connectivity index is 1.36. The van der Waals surface area contributed by atoms with Gasteiger partial charge in [0.1, 0.15) is 21.8 Å². The number of nitrogens with zero attached hydrogens (tertiary/aromatic N) is 3. The number of unbranched alkanes of at least 4 members (excludes halogenated alkanes) is 2. The van der Waals surface area contributed by atoms with Gasteiger partial charge in [-0.25, -0.2) is 0 Å². The molecular formula is C26H22ClN3O3S. The second-order valence-corrected chi connectivity index (χ2v) is 9.28. The van der Waals surface area contributed by atoms with Gasteiger partial charge in [-0.15, -0.1) is 5.10 Å². The summed E-state index contributed by atoms with van der Waals surface area (Å²) in [5, 5.41) is 5.06. The number of rotatable bonds is 8. The minimum atomic E-state index is -0.227. The summed E-state index contributed by atoms with van der Waals surface area (Å²) >= 11 is 7.34. The summed E-state index contributed by atoms with van der Waals surface area (Å²) in [4.78, 5) is 18.0. The smallest absolute Gasteiger partial charge is 0.291 e. The van der Waals surface area contributed by atoms with Crippen LogP contribution in [0.2, 0.25) is 5.02 Å². The number of hydrogen-bond donors (Lipinski definition) is 0. The van der Waals surface area contributed by atoms with E-state index in [1.807, 2.05) is 60.7 Å². The van der Waals surface area contributed by atoms with Crippen LogP contribution in [0.1, 0.15) is 31.9 Å². The third-order valence-corrected chi connectivity index (χ3v) is 6.51. The first-order valence-electron chi connectivity index (χ1n) is 11.1. The van der Waals surface area contributed by atoms with E-state index in [1.54, 1.807) is 6.08 Å². The summed E-state index contributed by atoms with van der Waals surface area (Å²) in [6.07, 6.45) is 5.08. The normalized spacial score (nSPS) is 12.0. The van der Waals surface area contributed by atoms with Gasteiger partial charge in [-0.2, -0.15) is 9.50 Å². The van der Waals surface area contributed by atoms with Gasteiger partial charge in [-0.1, -0.05) is 54.8 Å². The average molecular weight is 492 g/mol. The molecule has 0 aliphatic carbocycles. The van der Waals surface area contributed by atoms with Crippen molar-refractivity contribution in [2.75, 3.05) is 6.61 Å². The van der Waals surface area contributed by atoms with Crippen molar-refractivity contribution in [3.8, 4) is 28.5 Å². The highest BCUT2D eigenvalue weighted by Gasteiger charge is 2.13. The van der Waals surface area contributed by atoms with Crippen LogP contribution >= 0.6 is 22.9 Å². The molecule has 2 aromatic carbocycles. The van der Waals surface area contributed by atoms with Gasteiger partial charge in [0.2, 0.25) is 4.96 Å². The summed E-state index contributed by atoms with van der Waals surface area (Å²) in [6, 6.07) is 18.7. The highest BCUT2D eigenvalue weighted by atomic mass is 35.5. The molecule has 0 unspecified atom stereocenters. The Kier molecular flexibility index (Phi) is 6.47. The van der Waals surface area contributed by atoms with Crippen LogP contribution < -0.4 is 14.8 Å². The van der Waals surface area contributed by atoms with E-state index < -0.39 is 0 Å². The molecule has 6 nitrogen and oxygen atoms in total. The molecule has 3 heterocycles. The minimum Gasteiger partial charge on any atom is -0.494 e. The van der Waals surface area contributed by atoms with Crippen LogP contribution in [0.15, 0.2) is 69.9 Å². The van der Waals surface area contributed by atoms with Crippen LogP contribution in [0, 0.1) is 0 Å². The maximum Gasteiger partial charge on any atom is 0.291 e. The number of benzene rings is 2. The van der Waals surface area contributed by atoms with Gasteiger partial charge in [0, 0.05) is 22.2 Å². The van der Waals surface area contributed by atoms with Crippen LogP contribution in [0.4, 0.5) is 0 Å². The predicted octanol–water partition coefficient (Wildman–Crippen LogP) is 5.85. The Bertz CT molecular complexity index is 1540. The first-order valence-corrected chi connectivity index (χ1v) is 12.3. The lowest BCUT2D eigenvalue weighted by molar-refractivity contribution is 0.306. The molecule has 0 spiro atoms. The number of ether oxygens (including phenoxy) is 1. The van der Waals surface area contributed by atoms with Crippen molar-refractivity contribution in [3.63, 3.8) is 0 Å². The summed E-state index contributed by atoms with van der Waals surface area (Å²) in [5.74, 6) is 2.58. The van der Waals surface area contributed by atoms with Crippen molar-refractivity contribution in [3.05, 3.63) is 86.3 Å². The maximum absolute atomic E-state index is 12.9. The highest BCUT2D eigenvalue weighted by molar-refractivity contribution is 7.15. The Labute approximate surface area is 205 Å². The van der Waals surface area contributed by atoms with Crippen LogP contribution in [-0.4, -0.2) is 21.2 Å². The fourth-order valence-electron chi connectivity index (χ4n) is 3.55. The monoisotopic (exact) mass is 491 g/mol. The molecule has 0 bridgehead atoms. The van der Waals surface area contributed by atoms with Gasteiger partial charge < -0.3 is 9.15 Å². The first-order chi connectivity index (χ1) is 16.6. The largest absolute Gasteiger partial charge is 0.494 e. The van der Waals surface area contributed by atoms with Crippen molar-refractivity contribution < 1.29 is 9.15 Å². The molecule has 5 aromatic rings. The lowest BCUT2D eigenvalue weighted by Crippen LogP contribution is -2.23. The second-order valence-electron chi connectivity index (χ2n) is 7.84. The van der Waals surface area contributed by atoms with Gasteiger partial charge in [0.15, 0.2) is 5.82 Å². The van der Waals surface area contributed by atoms with E-state index in [4.69, 9.17) is 20.8 Å². The molecule has 3 aromatic heterocycles. The standard InChI is InChI=1S/C26H22ClN3O3S/c1-2-3-4-14-32-20-10-8-17(9-11-20)24-28-26-30(29-24)25(31)23(34-26)16-21-12-13-22(33-21)18-6-5-7-19(27)15-18/h5-13,15-16H,2-4,14H2,1H3/b23-16+. The van der Waals surface area contributed by atoms with Crippen molar-refractivity contribution in [1.82, 2.24) is 14.6 Å². The van der Waals surface area contributed by atoms with Crippen molar-refractivity contribution in [2.24, 2.45) is 0 Å². The molecule has 0 aliphatic rings. The van der Waals surface area contributed by atoms with E-state index in [0.29, 0.717) is 38.5 Å². The zero-order valence-electron chi connectivity index (χ0n) is 18.5. The number of halogens is 1. The summed E-state index contributed by atoms with van der Waals surface area (Å²) in [6.45, 7) is 2.88. The third-order valence-electron chi connectivity index (χ3n) is 5.32. The lowest BCUT2D eigenvalue weighted by Gasteiger charge is -2.05. The maximum atomic E-state index is 12.9. The number of thiazole rings is 1. The first kappa shape index (κ1) is 22.4. The topological polar surface area (TPSA) is 69.6 Å². The number of hydrogen-bond acceptors (Lipinski definition) is 6. The fraction of sp³-hybridized carbons (Fsp3) is 0.192. The zero-order chi connectivity index (χ0) is 23.5. The molecule has 172 valence electrons. The molecule has 0 saturated heterocycles. The van der Waals surface area contributed by atoms with E-state index in [-0.39, 0.29) is 5.56 Å². The molecule has 0 atom stereocenters. The van der Waals surface area contributed by atoms with Crippen LogP contribution in [-0.2, 0) is 0 Å². The van der Waals surface area contributed by atoms with Gasteiger partial charge in [0.25, 0.3) is 5.56 Å². The molecule has 0 saturated carbocycles. The molecule has 0 amide bonds. The zero-order valence-corrected chi connectivity index (χ0v) is 20.1. The van der Waals surface area contributed by atoms with E-state index >= 15 is 0 Å². The van der Waals surface area contributed by atoms with Crippen molar-refractivity contribution in [2.45, 2.75) is 26.2 Å². The van der Waals surface area contributed by atoms with Crippen molar-refractivity contribution >= 4 is 34.0 Å². The molecule has 0 N–H and O–H groups in total. The second kappa shape index (κ2) is 9.83. The predicted molar refractivity (Wildman–Crippen MR) is 136 cm³/mol. The summed E-state index contributed by atoms with van der Waals surface area (Å²) in [7, 11) is 0. The SMILES string of the molecule is CCCCCOc1ccc(-c2nc3s/c(=C/c4ccc(-c5cccc(Cl)c5)o4)c(=O)n3n2)cc1. The average Bonchev–Trinajstić information content (AvgIpc) is 3.55. The number of fused-ring (bicyclic) bond motifs is 1. The number of furan rings is 1. The van der Waals surface area contributed by atoms with Crippen LogP contribution in [0.3, 0.4) is 0 Å². The summed E-state index contributed by atoms with van der Waals surface area (Å²) in [5.41, 5.74) is 1.48. The Hall–Kier alpha value is -3.42. The van der Waals surface area contributed by atoms with E-state index in [2.05, 4.69) is 17.0 Å². The highest BCUT2D eigenvalue weighted by Crippen LogP contribution is 2.25. The molecule has 34 heavy (non-hydrogen) atoms. The Morgan fingerprint density at radius 2 is 1.94 bits per heavy atom. The quantitative estimate of drug-likeness (QED) is 0.255.